The second kappa shape index (κ2) is 6.54. The molecule has 8 heteroatoms. The maximum absolute atomic E-state index is 13.4. The fourth-order valence-electron chi connectivity index (χ4n) is 1.65. The van der Waals surface area contributed by atoms with E-state index in [1.807, 2.05) is 10.3 Å². The van der Waals surface area contributed by atoms with E-state index < -0.39 is 21.7 Å². The first-order valence-electron chi connectivity index (χ1n) is 6.15. The second-order valence-corrected chi connectivity index (χ2v) is 5.90. The minimum Gasteiger partial charge on any atom is -0.497 e. The number of methoxy groups -OCH3 is 1. The van der Waals surface area contributed by atoms with Crippen LogP contribution in [0, 0.1) is 5.82 Å². The molecule has 0 aliphatic heterocycles. The molecule has 2 aromatic carbocycles. The molecule has 0 aliphatic rings. The van der Waals surface area contributed by atoms with Crippen LogP contribution in [0.1, 0.15) is 10.4 Å². The highest BCUT2D eigenvalue weighted by Gasteiger charge is 2.17. The van der Waals surface area contributed by atoms with E-state index in [-0.39, 0.29) is 10.5 Å². The summed E-state index contributed by atoms with van der Waals surface area (Å²) in [6.07, 6.45) is 0. The average molecular weight is 324 g/mol. The number of hydrogen-bond acceptors (Lipinski definition) is 4. The van der Waals surface area contributed by atoms with Gasteiger partial charge in [-0.2, -0.15) is 0 Å². The van der Waals surface area contributed by atoms with Crippen LogP contribution in [0.25, 0.3) is 0 Å². The fraction of sp³-hybridized carbons (Fsp3) is 0.0714. The lowest BCUT2D eigenvalue weighted by atomic mass is 10.2. The van der Waals surface area contributed by atoms with Gasteiger partial charge < -0.3 is 4.74 Å². The van der Waals surface area contributed by atoms with Crippen LogP contribution in [0.4, 0.5) is 4.39 Å². The number of carbonyl (C=O) groups excluding carboxylic acids is 1. The second-order valence-electron chi connectivity index (χ2n) is 4.22. The van der Waals surface area contributed by atoms with Crippen LogP contribution < -0.4 is 15.0 Å². The maximum atomic E-state index is 13.4. The summed E-state index contributed by atoms with van der Waals surface area (Å²) in [6.45, 7) is 0. The number of benzene rings is 2. The number of hydrogen-bond donors (Lipinski definition) is 2. The highest BCUT2D eigenvalue weighted by molar-refractivity contribution is 7.89. The summed E-state index contributed by atoms with van der Waals surface area (Å²) in [6, 6.07) is 10.9. The summed E-state index contributed by atoms with van der Waals surface area (Å²) in [5, 5.41) is 0. The number of ether oxygens (including phenoxy) is 1. The first-order valence-corrected chi connectivity index (χ1v) is 7.63. The first-order chi connectivity index (χ1) is 10.4. The van der Waals surface area contributed by atoms with Crippen molar-refractivity contribution >= 4 is 15.9 Å². The quantitative estimate of drug-likeness (QED) is 0.816. The summed E-state index contributed by atoms with van der Waals surface area (Å²) >= 11 is 0. The van der Waals surface area contributed by atoms with Crippen LogP contribution in [-0.4, -0.2) is 21.4 Å². The van der Waals surface area contributed by atoms with Crippen molar-refractivity contribution in [3.05, 3.63) is 59.9 Å². The third-order valence-corrected chi connectivity index (χ3v) is 4.01. The van der Waals surface area contributed by atoms with E-state index >= 15 is 0 Å². The zero-order valence-electron chi connectivity index (χ0n) is 11.5. The highest BCUT2D eigenvalue weighted by atomic mass is 32.2. The third-order valence-electron chi connectivity index (χ3n) is 2.77. The van der Waals surface area contributed by atoms with Crippen LogP contribution in [0.15, 0.2) is 53.4 Å². The number of carbonyl (C=O) groups is 1. The van der Waals surface area contributed by atoms with Crippen LogP contribution in [0.2, 0.25) is 0 Å². The molecule has 1 amide bonds. The Kier molecular flexibility index (Phi) is 4.74. The van der Waals surface area contributed by atoms with Gasteiger partial charge in [0.1, 0.15) is 11.6 Å². The van der Waals surface area contributed by atoms with Gasteiger partial charge in [0.2, 0.25) is 0 Å². The Morgan fingerprint density at radius 3 is 2.55 bits per heavy atom. The van der Waals surface area contributed by atoms with Crippen molar-refractivity contribution in [1.29, 1.82) is 0 Å². The third kappa shape index (κ3) is 3.60. The molecule has 0 heterocycles. The maximum Gasteiger partial charge on any atom is 0.269 e. The number of hydrazine groups is 1. The smallest absolute Gasteiger partial charge is 0.269 e. The molecule has 0 aliphatic carbocycles. The SMILES string of the molecule is COc1cccc(S(=O)(=O)NNC(=O)c2ccccc2F)c1. The van der Waals surface area contributed by atoms with Crippen LogP contribution in [-0.2, 0) is 10.0 Å². The number of halogens is 1. The van der Waals surface area contributed by atoms with Crippen molar-refractivity contribution in [3.8, 4) is 5.75 Å². The highest BCUT2D eigenvalue weighted by Crippen LogP contribution is 2.16. The molecule has 0 aromatic heterocycles. The standard InChI is InChI=1S/C14H13FN2O4S/c1-21-10-5-4-6-11(9-10)22(19,20)17-16-14(18)12-7-2-3-8-13(12)15/h2-9,17H,1H3,(H,16,18). The van der Waals surface area contributed by atoms with Gasteiger partial charge in [-0.1, -0.05) is 18.2 Å². The van der Waals surface area contributed by atoms with Gasteiger partial charge in [0.15, 0.2) is 0 Å². The van der Waals surface area contributed by atoms with Crippen LogP contribution >= 0.6 is 0 Å². The van der Waals surface area contributed by atoms with Gasteiger partial charge >= 0.3 is 0 Å². The van der Waals surface area contributed by atoms with Gasteiger partial charge in [-0.15, -0.1) is 4.83 Å². The van der Waals surface area contributed by atoms with E-state index in [0.717, 1.165) is 6.07 Å². The molecule has 0 saturated carbocycles. The van der Waals surface area contributed by atoms with E-state index in [1.165, 1.54) is 43.5 Å². The molecule has 0 spiro atoms. The minimum atomic E-state index is -3.99. The zero-order valence-corrected chi connectivity index (χ0v) is 12.4. The summed E-state index contributed by atoms with van der Waals surface area (Å²) in [7, 11) is -2.59. The Balaban J connectivity index is 2.13. The summed E-state index contributed by atoms with van der Waals surface area (Å²) < 4.78 is 42.5. The Labute approximate surface area is 126 Å². The van der Waals surface area contributed by atoms with E-state index in [2.05, 4.69) is 0 Å². The molecule has 6 nitrogen and oxygen atoms in total. The molecule has 22 heavy (non-hydrogen) atoms. The number of amides is 1. The molecule has 2 N–H and O–H groups in total. The molecule has 0 fully saturated rings. The number of sulfonamides is 1. The van der Waals surface area contributed by atoms with Gasteiger partial charge in [-0.3, -0.25) is 10.2 Å². The predicted molar refractivity (Wildman–Crippen MR) is 77.2 cm³/mol. The zero-order chi connectivity index (χ0) is 16.2. The van der Waals surface area contributed by atoms with E-state index in [0.29, 0.717) is 5.75 Å². The Morgan fingerprint density at radius 1 is 1.14 bits per heavy atom. The molecule has 116 valence electrons. The molecule has 2 rings (SSSR count). The predicted octanol–water partition coefficient (Wildman–Crippen LogP) is 1.46. The van der Waals surface area contributed by atoms with E-state index in [1.54, 1.807) is 6.07 Å². The normalized spacial score (nSPS) is 11.0. The molecular weight excluding hydrogens is 311 g/mol. The van der Waals surface area contributed by atoms with E-state index in [9.17, 15) is 17.6 Å². The summed E-state index contributed by atoms with van der Waals surface area (Å²) in [5.41, 5.74) is 1.69. The lowest BCUT2D eigenvalue weighted by Crippen LogP contribution is -2.41. The van der Waals surface area contributed by atoms with Gasteiger partial charge in [0, 0.05) is 6.07 Å². The van der Waals surface area contributed by atoms with Crippen LogP contribution in [0.3, 0.4) is 0 Å². The van der Waals surface area contributed by atoms with Gasteiger partial charge in [0.05, 0.1) is 17.6 Å². The van der Waals surface area contributed by atoms with Crippen molar-refractivity contribution in [3.63, 3.8) is 0 Å². The molecule has 2 aromatic rings. The first kappa shape index (κ1) is 15.9. The molecule has 0 unspecified atom stereocenters. The average Bonchev–Trinajstić information content (AvgIpc) is 2.53. The largest absolute Gasteiger partial charge is 0.497 e. The Bertz CT molecular complexity index is 793. The van der Waals surface area contributed by atoms with Gasteiger partial charge in [0.25, 0.3) is 15.9 Å². The molecular formula is C14H13FN2O4S. The minimum absolute atomic E-state index is 0.0966. The Morgan fingerprint density at radius 2 is 1.86 bits per heavy atom. The van der Waals surface area contributed by atoms with Gasteiger partial charge in [-0.05, 0) is 24.3 Å². The van der Waals surface area contributed by atoms with Crippen molar-refractivity contribution < 1.29 is 22.3 Å². The van der Waals surface area contributed by atoms with Crippen molar-refractivity contribution in [2.75, 3.05) is 7.11 Å². The van der Waals surface area contributed by atoms with E-state index in [4.69, 9.17) is 4.74 Å². The Hall–Kier alpha value is -2.45. The lowest BCUT2D eigenvalue weighted by Gasteiger charge is -2.09. The molecule has 0 radical (unpaired) electrons. The number of rotatable bonds is 5. The molecule has 0 atom stereocenters. The summed E-state index contributed by atoms with van der Waals surface area (Å²) in [5.74, 6) is -1.30. The fourth-order valence-corrected chi connectivity index (χ4v) is 2.53. The molecule has 0 bridgehead atoms. The topological polar surface area (TPSA) is 84.5 Å². The number of nitrogens with one attached hydrogen (secondary N) is 2. The molecule has 0 saturated heterocycles. The van der Waals surface area contributed by atoms with Gasteiger partial charge in [-0.25, -0.2) is 12.8 Å². The summed E-state index contributed by atoms with van der Waals surface area (Å²) in [4.78, 5) is 13.6. The van der Waals surface area contributed by atoms with Crippen LogP contribution in [0.5, 0.6) is 5.75 Å². The van der Waals surface area contributed by atoms with Crippen molar-refractivity contribution in [2.24, 2.45) is 0 Å². The lowest BCUT2D eigenvalue weighted by molar-refractivity contribution is 0.0941. The monoisotopic (exact) mass is 324 g/mol. The van der Waals surface area contributed by atoms with Crippen molar-refractivity contribution in [1.82, 2.24) is 10.3 Å². The van der Waals surface area contributed by atoms with Crippen molar-refractivity contribution in [2.45, 2.75) is 4.90 Å².